The quantitative estimate of drug-likeness (QED) is 0.553. The number of fused-ring (bicyclic) bond motifs is 4. The zero-order chi connectivity index (χ0) is 10.5. The third-order valence-corrected chi connectivity index (χ3v) is 6.68. The fourth-order valence-electron chi connectivity index (χ4n) is 6.19. The summed E-state index contributed by atoms with van der Waals surface area (Å²) >= 11 is 0. The fraction of sp³-hybridized carbons (Fsp3) is 1.00. The Labute approximate surface area is 101 Å². The van der Waals surface area contributed by atoms with Crippen LogP contribution < -0.4 is 0 Å². The van der Waals surface area contributed by atoms with Crippen LogP contribution in [0.4, 0.5) is 0 Å². The molecule has 3 unspecified atom stereocenters. The van der Waals surface area contributed by atoms with Gasteiger partial charge in [-0.3, -0.25) is 0 Å². The van der Waals surface area contributed by atoms with Crippen LogP contribution in [-0.2, 0) is 0 Å². The third-order valence-electron chi connectivity index (χ3n) is 6.68. The first-order chi connectivity index (χ1) is 7.92. The molecule has 88 valence electrons. The predicted molar refractivity (Wildman–Crippen MR) is 70.2 cm³/mol. The van der Waals surface area contributed by atoms with Crippen LogP contribution in [0.1, 0.15) is 64.2 Å². The Balaban J connectivity index is 1.57. The largest absolute Gasteiger partial charge is 0.149 e. The van der Waals surface area contributed by atoms with Gasteiger partial charge in [-0.2, -0.15) is 0 Å². The molecule has 1 heteroatoms. The minimum absolute atomic E-state index is 1.16. The Morgan fingerprint density at radius 2 is 1.38 bits per heavy atom. The Morgan fingerprint density at radius 3 is 1.88 bits per heavy atom. The Morgan fingerprint density at radius 1 is 0.688 bits per heavy atom. The maximum absolute atomic E-state index is 1.64. The van der Waals surface area contributed by atoms with Gasteiger partial charge in [-0.25, -0.2) is 0 Å². The van der Waals surface area contributed by atoms with E-state index in [-0.39, 0.29) is 0 Å². The van der Waals surface area contributed by atoms with Crippen molar-refractivity contribution in [2.24, 2.45) is 11.8 Å². The van der Waals surface area contributed by atoms with Crippen molar-refractivity contribution in [3.63, 3.8) is 0 Å². The van der Waals surface area contributed by atoms with Gasteiger partial charge < -0.3 is 0 Å². The molecule has 0 nitrogen and oxygen atoms in total. The van der Waals surface area contributed by atoms with Gasteiger partial charge >= 0.3 is 0 Å². The van der Waals surface area contributed by atoms with Gasteiger partial charge in [0.25, 0.3) is 0 Å². The fourth-order valence-corrected chi connectivity index (χ4v) is 6.19. The molecular formula is C15H25B. The van der Waals surface area contributed by atoms with E-state index in [2.05, 4.69) is 0 Å². The average Bonchev–Trinajstić information content (AvgIpc) is 2.89. The van der Waals surface area contributed by atoms with Crippen molar-refractivity contribution < 1.29 is 0 Å². The monoisotopic (exact) mass is 216 g/mol. The van der Waals surface area contributed by atoms with Gasteiger partial charge in [0.1, 0.15) is 6.71 Å². The van der Waals surface area contributed by atoms with Gasteiger partial charge in [-0.1, -0.05) is 75.2 Å². The smallest absolute Gasteiger partial charge is 0.0617 e. The topological polar surface area (TPSA) is 0 Å². The van der Waals surface area contributed by atoms with Crippen molar-refractivity contribution >= 4 is 6.71 Å². The summed E-state index contributed by atoms with van der Waals surface area (Å²) in [5.41, 5.74) is 0. The van der Waals surface area contributed by atoms with Crippen molar-refractivity contribution in [1.82, 2.24) is 0 Å². The summed E-state index contributed by atoms with van der Waals surface area (Å²) in [7, 11) is 0. The lowest BCUT2D eigenvalue weighted by Gasteiger charge is -2.45. The molecule has 2 saturated carbocycles. The molecule has 0 spiro atoms. The van der Waals surface area contributed by atoms with Gasteiger partial charge in [0, 0.05) is 0 Å². The second-order valence-corrected chi connectivity index (χ2v) is 7.30. The first-order valence-corrected chi connectivity index (χ1v) is 7.92. The van der Waals surface area contributed by atoms with E-state index in [0.717, 1.165) is 17.6 Å². The molecule has 3 atom stereocenters. The molecule has 16 heavy (non-hydrogen) atoms. The van der Waals surface area contributed by atoms with Crippen molar-refractivity contribution in [3.8, 4) is 0 Å². The molecule has 4 aliphatic rings. The Bertz CT molecular complexity index is 253. The first-order valence-electron chi connectivity index (χ1n) is 7.92. The molecule has 4 fully saturated rings. The van der Waals surface area contributed by atoms with Crippen molar-refractivity contribution in [2.75, 3.05) is 0 Å². The molecule has 0 aromatic carbocycles. The summed E-state index contributed by atoms with van der Waals surface area (Å²) in [6.07, 6.45) is 15.9. The van der Waals surface area contributed by atoms with Crippen molar-refractivity contribution in [3.05, 3.63) is 0 Å². The second-order valence-electron chi connectivity index (χ2n) is 7.30. The predicted octanol–water partition coefficient (Wildman–Crippen LogP) is 4.78. The minimum Gasteiger partial charge on any atom is -0.0617 e. The average molecular weight is 216 g/mol. The van der Waals surface area contributed by atoms with Crippen LogP contribution in [0.2, 0.25) is 17.5 Å². The second kappa shape index (κ2) is 3.78. The molecule has 0 N–H and O–H groups in total. The zero-order valence-electron chi connectivity index (χ0n) is 10.5. The van der Waals surface area contributed by atoms with E-state index in [1.54, 1.807) is 64.2 Å². The van der Waals surface area contributed by atoms with E-state index in [1.165, 1.54) is 18.4 Å². The van der Waals surface area contributed by atoms with Crippen LogP contribution in [0.15, 0.2) is 0 Å². The molecule has 0 aromatic rings. The van der Waals surface area contributed by atoms with Crippen LogP contribution in [0.3, 0.4) is 0 Å². The van der Waals surface area contributed by atoms with Crippen molar-refractivity contribution in [1.29, 1.82) is 0 Å². The van der Waals surface area contributed by atoms with E-state index < -0.39 is 0 Å². The molecule has 4 rings (SSSR count). The standard InChI is InChI=1S/C15H25B/c1-3-13-5-2-6-14(4-1)16(13)15-10-11-7-8-12(15)9-11/h11-15H,1-10H2. The molecule has 2 heterocycles. The van der Waals surface area contributed by atoms with E-state index >= 15 is 0 Å². The van der Waals surface area contributed by atoms with Crippen LogP contribution >= 0.6 is 0 Å². The van der Waals surface area contributed by atoms with Gasteiger partial charge in [-0.05, 0) is 18.3 Å². The molecule has 2 aliphatic carbocycles. The number of rotatable bonds is 1. The molecule has 0 radical (unpaired) electrons. The first kappa shape index (κ1) is 10.0. The highest BCUT2D eigenvalue weighted by Gasteiger charge is 2.50. The molecule has 0 amide bonds. The highest BCUT2D eigenvalue weighted by atomic mass is 14.4. The van der Waals surface area contributed by atoms with E-state index in [0.29, 0.717) is 0 Å². The molecular weight excluding hydrogens is 191 g/mol. The van der Waals surface area contributed by atoms with Gasteiger partial charge in [-0.15, -0.1) is 0 Å². The zero-order valence-corrected chi connectivity index (χ0v) is 10.5. The summed E-state index contributed by atoms with van der Waals surface area (Å²) < 4.78 is 0. The summed E-state index contributed by atoms with van der Waals surface area (Å²) in [6.45, 7) is 1.19. The highest BCUT2D eigenvalue weighted by Crippen LogP contribution is 2.60. The van der Waals surface area contributed by atoms with E-state index in [1.807, 2.05) is 0 Å². The number of hydrogen-bond acceptors (Lipinski definition) is 0. The summed E-state index contributed by atoms with van der Waals surface area (Å²) in [5, 5.41) is 0. The molecule has 2 aliphatic heterocycles. The summed E-state index contributed by atoms with van der Waals surface area (Å²) in [4.78, 5) is 0. The summed E-state index contributed by atoms with van der Waals surface area (Å²) in [5.74, 6) is 5.86. The van der Waals surface area contributed by atoms with E-state index in [4.69, 9.17) is 0 Å². The summed E-state index contributed by atoms with van der Waals surface area (Å²) in [6, 6.07) is 0. The highest BCUT2D eigenvalue weighted by molar-refractivity contribution is 6.64. The van der Waals surface area contributed by atoms with Crippen LogP contribution in [0, 0.1) is 11.8 Å². The minimum atomic E-state index is 1.16. The molecule has 0 aromatic heterocycles. The van der Waals surface area contributed by atoms with Crippen LogP contribution in [0.25, 0.3) is 0 Å². The van der Waals surface area contributed by atoms with Gasteiger partial charge in [0.05, 0.1) is 0 Å². The maximum Gasteiger partial charge on any atom is 0.149 e. The molecule has 4 bridgehead atoms. The lowest BCUT2D eigenvalue weighted by Crippen LogP contribution is -2.40. The SMILES string of the molecule is C1CC2CCCC(C1)B2C1CC2CCC1C2. The number of hydrogen-bond donors (Lipinski definition) is 0. The molecule has 2 saturated heterocycles. The maximum atomic E-state index is 1.64. The normalized spacial score (nSPS) is 51.0. The van der Waals surface area contributed by atoms with Gasteiger partial charge in [0.15, 0.2) is 0 Å². The lowest BCUT2D eigenvalue weighted by atomic mass is 9.21. The van der Waals surface area contributed by atoms with Crippen LogP contribution in [-0.4, -0.2) is 6.71 Å². The Hall–Kier alpha value is 0.0649. The van der Waals surface area contributed by atoms with E-state index in [9.17, 15) is 0 Å². The van der Waals surface area contributed by atoms with Crippen LogP contribution in [0.5, 0.6) is 0 Å². The van der Waals surface area contributed by atoms with Gasteiger partial charge in [0.2, 0.25) is 0 Å². The Kier molecular flexibility index (Phi) is 2.37. The lowest BCUT2D eigenvalue weighted by molar-refractivity contribution is 0.402. The van der Waals surface area contributed by atoms with Crippen molar-refractivity contribution in [2.45, 2.75) is 81.7 Å². The third kappa shape index (κ3) is 1.42.